The zero-order chi connectivity index (χ0) is 14.4. The second-order valence-corrected chi connectivity index (χ2v) is 4.72. The summed E-state index contributed by atoms with van der Waals surface area (Å²) in [6.07, 6.45) is 3.38. The lowest BCUT2D eigenvalue weighted by molar-refractivity contribution is 0.0808. The molecule has 20 heavy (non-hydrogen) atoms. The van der Waals surface area contributed by atoms with E-state index in [-0.39, 0.29) is 24.0 Å². The highest BCUT2D eigenvalue weighted by molar-refractivity contribution is 5.74. The van der Waals surface area contributed by atoms with E-state index in [0.29, 0.717) is 13.2 Å². The van der Waals surface area contributed by atoms with E-state index in [2.05, 4.69) is 17.2 Å². The Morgan fingerprint density at radius 3 is 2.85 bits per heavy atom. The summed E-state index contributed by atoms with van der Waals surface area (Å²) in [6, 6.07) is 5.57. The zero-order valence-corrected chi connectivity index (χ0v) is 11.3. The molecule has 0 aliphatic carbocycles. The summed E-state index contributed by atoms with van der Waals surface area (Å²) < 4.78 is 18.7. The lowest BCUT2D eigenvalue weighted by Crippen LogP contribution is -2.42. The van der Waals surface area contributed by atoms with Crippen LogP contribution in [0.2, 0.25) is 0 Å². The van der Waals surface area contributed by atoms with Gasteiger partial charge in [-0.25, -0.2) is 9.18 Å². The van der Waals surface area contributed by atoms with Gasteiger partial charge in [0, 0.05) is 13.2 Å². The number of nitrogens with one attached hydrogen (secondary N) is 2. The fraction of sp³-hybridized carbons (Fsp3) is 0.400. The standard InChI is InChI=1S/C15H19FN2O2/c1-2-9-17-15(19)18-14(13-4-3-10-20-13)11-5-7-12(16)8-6-11/h2,5-8,13-14H,1,3-4,9-10H2,(H2,17,18,19). The molecule has 0 radical (unpaired) electrons. The van der Waals surface area contributed by atoms with Crippen molar-refractivity contribution >= 4 is 6.03 Å². The Bertz CT molecular complexity index is 455. The normalized spacial score (nSPS) is 19.4. The van der Waals surface area contributed by atoms with Gasteiger partial charge in [0.1, 0.15) is 5.82 Å². The molecular weight excluding hydrogens is 259 g/mol. The first-order valence-electron chi connectivity index (χ1n) is 6.73. The Morgan fingerprint density at radius 1 is 1.50 bits per heavy atom. The van der Waals surface area contributed by atoms with E-state index in [0.717, 1.165) is 18.4 Å². The number of ether oxygens (including phenoxy) is 1. The fourth-order valence-corrected chi connectivity index (χ4v) is 2.28. The number of halogens is 1. The topological polar surface area (TPSA) is 50.4 Å². The SMILES string of the molecule is C=CCNC(=O)NC(c1ccc(F)cc1)C1CCCO1. The largest absolute Gasteiger partial charge is 0.376 e. The minimum atomic E-state index is -0.295. The maximum atomic E-state index is 13.0. The van der Waals surface area contributed by atoms with Gasteiger partial charge in [-0.3, -0.25) is 0 Å². The van der Waals surface area contributed by atoms with Crippen LogP contribution < -0.4 is 10.6 Å². The van der Waals surface area contributed by atoms with Crippen molar-refractivity contribution < 1.29 is 13.9 Å². The van der Waals surface area contributed by atoms with Crippen LogP contribution in [-0.2, 0) is 4.74 Å². The molecule has 1 aliphatic heterocycles. The number of hydrogen-bond acceptors (Lipinski definition) is 2. The van der Waals surface area contributed by atoms with Gasteiger partial charge in [0.25, 0.3) is 0 Å². The van der Waals surface area contributed by atoms with Gasteiger partial charge in [0.05, 0.1) is 12.1 Å². The van der Waals surface area contributed by atoms with E-state index in [1.165, 1.54) is 12.1 Å². The number of urea groups is 1. The maximum Gasteiger partial charge on any atom is 0.315 e. The van der Waals surface area contributed by atoms with Crippen LogP contribution in [0.25, 0.3) is 0 Å². The lowest BCUT2D eigenvalue weighted by Gasteiger charge is -2.24. The summed E-state index contributed by atoms with van der Waals surface area (Å²) in [4.78, 5) is 11.8. The highest BCUT2D eigenvalue weighted by Gasteiger charge is 2.28. The molecule has 1 saturated heterocycles. The Hall–Kier alpha value is -1.88. The first-order valence-corrected chi connectivity index (χ1v) is 6.73. The smallest absolute Gasteiger partial charge is 0.315 e. The lowest BCUT2D eigenvalue weighted by atomic mass is 9.99. The molecule has 1 fully saturated rings. The van der Waals surface area contributed by atoms with Crippen LogP contribution in [-0.4, -0.2) is 25.3 Å². The van der Waals surface area contributed by atoms with Crippen LogP contribution in [0.5, 0.6) is 0 Å². The summed E-state index contributed by atoms with van der Waals surface area (Å²) in [5.41, 5.74) is 0.840. The van der Waals surface area contributed by atoms with Gasteiger partial charge < -0.3 is 15.4 Å². The van der Waals surface area contributed by atoms with Crippen molar-refractivity contribution in [2.75, 3.05) is 13.2 Å². The van der Waals surface area contributed by atoms with Gasteiger partial charge >= 0.3 is 6.03 Å². The second-order valence-electron chi connectivity index (χ2n) is 4.72. The molecule has 2 rings (SSSR count). The molecule has 0 bridgehead atoms. The van der Waals surface area contributed by atoms with E-state index < -0.39 is 0 Å². The van der Waals surface area contributed by atoms with Crippen molar-refractivity contribution in [3.63, 3.8) is 0 Å². The summed E-state index contributed by atoms with van der Waals surface area (Å²) in [5, 5.41) is 5.55. The van der Waals surface area contributed by atoms with E-state index in [4.69, 9.17) is 4.74 Å². The number of carbonyl (C=O) groups is 1. The van der Waals surface area contributed by atoms with Crippen LogP contribution in [0.1, 0.15) is 24.4 Å². The van der Waals surface area contributed by atoms with Crippen molar-refractivity contribution in [1.82, 2.24) is 10.6 Å². The Labute approximate surface area is 118 Å². The number of rotatable bonds is 5. The van der Waals surface area contributed by atoms with Crippen molar-refractivity contribution in [2.24, 2.45) is 0 Å². The summed E-state index contributed by atoms with van der Waals surface area (Å²) in [6.45, 7) is 4.64. The first kappa shape index (κ1) is 14.5. The molecule has 1 aromatic carbocycles. The van der Waals surface area contributed by atoms with Crippen molar-refractivity contribution in [3.05, 3.63) is 48.3 Å². The average molecular weight is 278 g/mol. The quantitative estimate of drug-likeness (QED) is 0.813. The van der Waals surface area contributed by atoms with Gasteiger partial charge in [0.15, 0.2) is 0 Å². The third-order valence-corrected chi connectivity index (χ3v) is 3.26. The van der Waals surface area contributed by atoms with Crippen LogP contribution >= 0.6 is 0 Å². The number of carbonyl (C=O) groups excluding carboxylic acids is 1. The predicted molar refractivity (Wildman–Crippen MR) is 74.8 cm³/mol. The number of benzene rings is 1. The van der Waals surface area contributed by atoms with Crippen LogP contribution in [0.3, 0.4) is 0 Å². The molecule has 2 unspecified atom stereocenters. The van der Waals surface area contributed by atoms with Crippen LogP contribution in [0, 0.1) is 5.82 Å². The maximum absolute atomic E-state index is 13.0. The number of hydrogen-bond donors (Lipinski definition) is 2. The molecule has 0 aromatic heterocycles. The molecular formula is C15H19FN2O2. The van der Waals surface area contributed by atoms with E-state index >= 15 is 0 Å². The third-order valence-electron chi connectivity index (χ3n) is 3.26. The summed E-state index contributed by atoms with van der Waals surface area (Å²) in [5.74, 6) is -0.295. The molecule has 1 aromatic rings. The minimum Gasteiger partial charge on any atom is -0.376 e. The minimum absolute atomic E-state index is 0.0741. The first-order chi connectivity index (χ1) is 9.70. The third kappa shape index (κ3) is 3.81. The number of amides is 2. The Kier molecular flexibility index (Phi) is 5.12. The molecule has 0 spiro atoms. The van der Waals surface area contributed by atoms with Crippen molar-refractivity contribution in [3.8, 4) is 0 Å². The van der Waals surface area contributed by atoms with Gasteiger partial charge in [-0.05, 0) is 30.5 Å². The zero-order valence-electron chi connectivity index (χ0n) is 11.3. The van der Waals surface area contributed by atoms with Gasteiger partial charge in [-0.15, -0.1) is 6.58 Å². The molecule has 2 N–H and O–H groups in total. The monoisotopic (exact) mass is 278 g/mol. The molecule has 0 saturated carbocycles. The van der Waals surface area contributed by atoms with Gasteiger partial charge in [-0.2, -0.15) is 0 Å². The Balaban J connectivity index is 2.09. The van der Waals surface area contributed by atoms with Gasteiger partial charge in [-0.1, -0.05) is 18.2 Å². The van der Waals surface area contributed by atoms with Crippen LogP contribution in [0.4, 0.5) is 9.18 Å². The molecule has 5 heteroatoms. The summed E-state index contributed by atoms with van der Waals surface area (Å²) in [7, 11) is 0. The van der Waals surface area contributed by atoms with E-state index in [9.17, 15) is 9.18 Å². The fourth-order valence-electron chi connectivity index (χ4n) is 2.28. The van der Waals surface area contributed by atoms with Gasteiger partial charge in [0.2, 0.25) is 0 Å². The molecule has 2 atom stereocenters. The summed E-state index contributed by atoms with van der Waals surface area (Å²) >= 11 is 0. The van der Waals surface area contributed by atoms with E-state index in [1.807, 2.05) is 0 Å². The molecule has 108 valence electrons. The predicted octanol–water partition coefficient (Wildman–Crippen LogP) is 2.53. The van der Waals surface area contributed by atoms with Crippen molar-refractivity contribution in [2.45, 2.75) is 25.0 Å². The van der Waals surface area contributed by atoms with Crippen LogP contribution in [0.15, 0.2) is 36.9 Å². The molecule has 1 heterocycles. The molecule has 1 aliphatic rings. The molecule has 4 nitrogen and oxygen atoms in total. The van der Waals surface area contributed by atoms with Crippen molar-refractivity contribution in [1.29, 1.82) is 0 Å². The highest BCUT2D eigenvalue weighted by atomic mass is 19.1. The average Bonchev–Trinajstić information content (AvgIpc) is 2.97. The molecule has 2 amide bonds. The Morgan fingerprint density at radius 2 is 2.25 bits per heavy atom. The second kappa shape index (κ2) is 7.05. The highest BCUT2D eigenvalue weighted by Crippen LogP contribution is 2.27. The van der Waals surface area contributed by atoms with E-state index in [1.54, 1.807) is 18.2 Å².